The van der Waals surface area contributed by atoms with Gasteiger partial charge in [0.25, 0.3) is 0 Å². The molecule has 0 spiro atoms. The Balaban J connectivity index is 1.13. The largest absolute Gasteiger partial charge is 0.456 e. The molecule has 0 aliphatic carbocycles. The van der Waals surface area contributed by atoms with Crippen molar-refractivity contribution in [3.63, 3.8) is 0 Å². The fraction of sp³-hybridized carbons (Fsp3) is 0. The second-order valence-corrected chi connectivity index (χ2v) is 13.9. The zero-order valence-corrected chi connectivity index (χ0v) is 29.2. The summed E-state index contributed by atoms with van der Waals surface area (Å²) in [4.78, 5) is 15.7. The van der Waals surface area contributed by atoms with E-state index in [4.69, 9.17) is 28.2 Å². The Kier molecular flexibility index (Phi) is 6.24. The molecule has 0 bridgehead atoms. The number of furan rings is 3. The molecule has 8 aromatic carbocycles. The van der Waals surface area contributed by atoms with Crippen LogP contribution in [0.5, 0.6) is 0 Å². The summed E-state index contributed by atoms with van der Waals surface area (Å²) in [5.74, 6) is 1.65. The lowest BCUT2D eigenvalue weighted by Gasteiger charge is -2.10. The number of hydrogen-bond acceptors (Lipinski definition) is 6. The van der Waals surface area contributed by atoms with E-state index >= 15 is 0 Å². The zero-order valence-electron chi connectivity index (χ0n) is 29.2. The van der Waals surface area contributed by atoms with Gasteiger partial charge in [-0.05, 0) is 71.1 Å². The van der Waals surface area contributed by atoms with E-state index < -0.39 is 0 Å². The van der Waals surface area contributed by atoms with Crippen molar-refractivity contribution in [2.45, 2.75) is 0 Å². The fourth-order valence-corrected chi connectivity index (χ4v) is 8.17. The molecule has 0 saturated heterocycles. The molecule has 0 radical (unpaired) electrons. The highest BCUT2D eigenvalue weighted by molar-refractivity contribution is 6.16. The first kappa shape index (κ1) is 29.9. The Hall–Kier alpha value is -7.57. The van der Waals surface area contributed by atoms with Gasteiger partial charge in [0.05, 0.1) is 0 Å². The lowest BCUT2D eigenvalue weighted by atomic mass is 10.0. The van der Waals surface area contributed by atoms with Crippen LogP contribution in [0.4, 0.5) is 0 Å². The van der Waals surface area contributed by atoms with Crippen LogP contribution in [-0.4, -0.2) is 15.0 Å². The van der Waals surface area contributed by atoms with Crippen LogP contribution >= 0.6 is 0 Å². The number of para-hydroxylation sites is 1. The van der Waals surface area contributed by atoms with E-state index in [9.17, 15) is 0 Å². The minimum atomic E-state index is 0.548. The molecule has 12 aromatic rings. The summed E-state index contributed by atoms with van der Waals surface area (Å²) < 4.78 is 19.2. The minimum Gasteiger partial charge on any atom is -0.456 e. The van der Waals surface area contributed by atoms with Crippen LogP contribution in [0.25, 0.3) is 122 Å². The summed E-state index contributed by atoms with van der Waals surface area (Å²) >= 11 is 0. The molecular formula is C49H27N3O3. The molecule has 55 heavy (non-hydrogen) atoms. The van der Waals surface area contributed by atoms with E-state index in [1.54, 1.807) is 0 Å². The molecule has 4 heterocycles. The lowest BCUT2D eigenvalue weighted by Crippen LogP contribution is -2.00. The Morgan fingerprint density at radius 1 is 0.309 bits per heavy atom. The summed E-state index contributed by atoms with van der Waals surface area (Å²) in [6.45, 7) is 0. The topological polar surface area (TPSA) is 78.1 Å². The average molecular weight is 706 g/mol. The number of rotatable bonds is 4. The first-order chi connectivity index (χ1) is 27.2. The van der Waals surface area contributed by atoms with Crippen molar-refractivity contribution in [2.24, 2.45) is 0 Å². The van der Waals surface area contributed by atoms with Gasteiger partial charge in [-0.1, -0.05) is 109 Å². The summed E-state index contributed by atoms with van der Waals surface area (Å²) in [5, 5.41) is 8.18. The Morgan fingerprint density at radius 2 is 0.891 bits per heavy atom. The molecule has 0 N–H and O–H groups in total. The zero-order chi connectivity index (χ0) is 36.0. The average Bonchev–Trinajstić information content (AvgIpc) is 3.94. The molecule has 0 saturated carbocycles. The summed E-state index contributed by atoms with van der Waals surface area (Å²) in [6, 6.07) is 55.7. The number of hydrogen-bond donors (Lipinski definition) is 0. The maximum absolute atomic E-state index is 6.47. The molecule has 4 aromatic heterocycles. The van der Waals surface area contributed by atoms with Crippen molar-refractivity contribution < 1.29 is 13.3 Å². The van der Waals surface area contributed by atoms with Gasteiger partial charge in [-0.3, -0.25) is 0 Å². The SMILES string of the molecule is c1ccc(-c2ccc3oc4cccc(-c5nc(-c6ccc7oc8c9ccccc9ccc8c7c6)nc(-c6cccc7oc8ccccc8c67)n5)c4c3c2)cc1. The molecule has 12 rings (SSSR count). The van der Waals surface area contributed by atoms with Gasteiger partial charge in [0.2, 0.25) is 0 Å². The predicted molar refractivity (Wildman–Crippen MR) is 221 cm³/mol. The first-order valence-corrected chi connectivity index (χ1v) is 18.3. The second kappa shape index (κ2) is 11.5. The maximum Gasteiger partial charge on any atom is 0.164 e. The number of fused-ring (bicyclic) bond motifs is 11. The van der Waals surface area contributed by atoms with E-state index in [1.165, 1.54) is 0 Å². The molecule has 0 aliphatic heterocycles. The van der Waals surface area contributed by atoms with Gasteiger partial charge in [0.1, 0.15) is 33.5 Å². The van der Waals surface area contributed by atoms with Gasteiger partial charge in [0, 0.05) is 54.4 Å². The van der Waals surface area contributed by atoms with Crippen LogP contribution in [0.15, 0.2) is 177 Å². The standard InChI is InChI=1S/C49H27N3O3/c1-2-10-28(11-3-1)30-21-24-41-38(26-30)45-36(16-9-19-43(45)54-41)49-51-47(50-48(52-49)35-15-8-18-42-44(35)34-14-6-7-17-39(34)53-42)31-22-25-40-37(27-31)33-23-20-29-12-4-5-13-32(29)46(33)55-40/h1-27H. The molecule has 6 heteroatoms. The number of aromatic nitrogens is 3. The molecule has 0 amide bonds. The predicted octanol–water partition coefficient (Wildman–Crippen LogP) is 13.4. The van der Waals surface area contributed by atoms with Crippen molar-refractivity contribution in [2.75, 3.05) is 0 Å². The minimum absolute atomic E-state index is 0.548. The van der Waals surface area contributed by atoms with Crippen LogP contribution in [0.1, 0.15) is 0 Å². The quantitative estimate of drug-likeness (QED) is 0.181. The molecular weight excluding hydrogens is 679 g/mol. The van der Waals surface area contributed by atoms with E-state index in [0.29, 0.717) is 17.5 Å². The van der Waals surface area contributed by atoms with Crippen LogP contribution in [0.2, 0.25) is 0 Å². The second-order valence-electron chi connectivity index (χ2n) is 13.9. The third kappa shape index (κ3) is 4.58. The van der Waals surface area contributed by atoms with Gasteiger partial charge in [0.15, 0.2) is 17.5 Å². The van der Waals surface area contributed by atoms with Crippen molar-refractivity contribution in [1.82, 2.24) is 15.0 Å². The van der Waals surface area contributed by atoms with Crippen molar-refractivity contribution >= 4 is 76.6 Å². The monoisotopic (exact) mass is 705 g/mol. The Labute approximate surface area is 312 Å². The van der Waals surface area contributed by atoms with Gasteiger partial charge in [-0.15, -0.1) is 0 Å². The third-order valence-electron chi connectivity index (χ3n) is 10.7. The van der Waals surface area contributed by atoms with E-state index in [1.807, 2.05) is 78.9 Å². The van der Waals surface area contributed by atoms with Crippen molar-refractivity contribution in [3.8, 4) is 45.3 Å². The highest BCUT2D eigenvalue weighted by atomic mass is 16.3. The molecule has 0 unspecified atom stereocenters. The molecule has 0 aliphatic rings. The Bertz CT molecular complexity index is 3500. The van der Waals surface area contributed by atoms with E-state index in [2.05, 4.69) is 84.9 Å². The van der Waals surface area contributed by atoms with Crippen LogP contribution in [0.3, 0.4) is 0 Å². The molecule has 0 fully saturated rings. The van der Waals surface area contributed by atoms with Gasteiger partial charge in [-0.2, -0.15) is 0 Å². The smallest absolute Gasteiger partial charge is 0.164 e. The van der Waals surface area contributed by atoms with Gasteiger partial charge >= 0.3 is 0 Å². The first-order valence-electron chi connectivity index (χ1n) is 18.3. The normalized spacial score (nSPS) is 12.0. The molecule has 6 nitrogen and oxygen atoms in total. The van der Waals surface area contributed by atoms with Crippen LogP contribution in [-0.2, 0) is 0 Å². The van der Waals surface area contributed by atoms with Gasteiger partial charge in [-0.25, -0.2) is 15.0 Å². The lowest BCUT2D eigenvalue weighted by molar-refractivity contribution is 0.668. The maximum atomic E-state index is 6.47. The van der Waals surface area contributed by atoms with E-state index in [-0.39, 0.29) is 0 Å². The van der Waals surface area contributed by atoms with Crippen molar-refractivity contribution in [1.29, 1.82) is 0 Å². The molecule has 256 valence electrons. The summed E-state index contributed by atoms with van der Waals surface area (Å²) in [5.41, 5.74) is 9.65. The fourth-order valence-electron chi connectivity index (χ4n) is 8.17. The van der Waals surface area contributed by atoms with E-state index in [0.717, 1.165) is 104 Å². The molecule has 0 atom stereocenters. The van der Waals surface area contributed by atoms with Crippen LogP contribution in [0, 0.1) is 0 Å². The highest BCUT2D eigenvalue weighted by Crippen LogP contribution is 2.41. The summed E-state index contributed by atoms with van der Waals surface area (Å²) in [6.07, 6.45) is 0. The van der Waals surface area contributed by atoms with Crippen molar-refractivity contribution in [3.05, 3.63) is 164 Å². The number of nitrogens with zero attached hydrogens (tertiary/aromatic N) is 3. The highest BCUT2D eigenvalue weighted by Gasteiger charge is 2.21. The summed E-state index contributed by atoms with van der Waals surface area (Å²) in [7, 11) is 0. The van der Waals surface area contributed by atoms with Gasteiger partial charge < -0.3 is 13.3 Å². The van der Waals surface area contributed by atoms with Crippen LogP contribution < -0.4 is 0 Å². The third-order valence-corrected chi connectivity index (χ3v) is 10.7. The Morgan fingerprint density at radius 3 is 1.67 bits per heavy atom. The number of benzene rings is 8.